The van der Waals surface area contributed by atoms with Crippen molar-refractivity contribution >= 4 is 49.1 Å². The molecule has 45 heavy (non-hydrogen) atoms. The van der Waals surface area contributed by atoms with Crippen LogP contribution in [0.5, 0.6) is 0 Å². The standard InChI is InChI=1S/C27H19N2.C13H24O2.Ir/c1-15-10-16(2)12-19(11-15)24-14-23-21-9-5-7-18-6-4-8-20(25(18)21)22-13-17(3)28-27(29-24)26(22)23;1-5-10(6-2)12(14)9-13(15)11(7-3)8-4;/h4-11,13-14H,1-3H3;9-11,14H,5-8H2,1-4H3;/q-1;;/b;12-9-;. The van der Waals surface area contributed by atoms with Gasteiger partial charge in [-0.25, -0.2) is 4.98 Å². The van der Waals surface area contributed by atoms with E-state index in [9.17, 15) is 9.90 Å². The molecule has 0 aliphatic rings. The third-order valence-corrected chi connectivity index (χ3v) is 8.90. The van der Waals surface area contributed by atoms with Gasteiger partial charge in [0.05, 0.1) is 5.76 Å². The summed E-state index contributed by atoms with van der Waals surface area (Å²) in [5.74, 6) is 0.547. The van der Waals surface area contributed by atoms with Crippen molar-refractivity contribution in [2.24, 2.45) is 11.8 Å². The smallest absolute Gasteiger partial charge is 0.162 e. The first kappa shape index (κ1) is 34.2. The van der Waals surface area contributed by atoms with Crippen molar-refractivity contribution in [1.82, 2.24) is 9.97 Å². The van der Waals surface area contributed by atoms with Gasteiger partial charge in [0, 0.05) is 49.1 Å². The van der Waals surface area contributed by atoms with Crippen molar-refractivity contribution in [3.8, 4) is 11.3 Å². The van der Waals surface area contributed by atoms with Crippen molar-refractivity contribution in [2.45, 2.75) is 74.1 Å². The Morgan fingerprint density at radius 2 is 1.38 bits per heavy atom. The zero-order valence-electron chi connectivity index (χ0n) is 27.4. The molecule has 235 valence electrons. The zero-order valence-corrected chi connectivity index (χ0v) is 29.8. The van der Waals surface area contributed by atoms with Gasteiger partial charge < -0.3 is 5.11 Å². The number of allylic oxidation sites excluding steroid dienone is 2. The van der Waals surface area contributed by atoms with Crippen LogP contribution in [0, 0.1) is 38.7 Å². The van der Waals surface area contributed by atoms with Gasteiger partial charge in [0.1, 0.15) is 0 Å². The van der Waals surface area contributed by atoms with E-state index in [1.54, 1.807) is 0 Å². The summed E-state index contributed by atoms with van der Waals surface area (Å²) in [6, 6.07) is 25.3. The normalized spacial score (nSPS) is 11.9. The molecule has 2 aromatic heterocycles. The van der Waals surface area contributed by atoms with Gasteiger partial charge in [-0.3, -0.25) is 9.78 Å². The van der Waals surface area contributed by atoms with Crippen molar-refractivity contribution < 1.29 is 30.0 Å². The fourth-order valence-corrected chi connectivity index (χ4v) is 6.52. The van der Waals surface area contributed by atoms with Gasteiger partial charge in [-0.05, 0) is 76.7 Å². The number of pyridine rings is 2. The molecular weight excluding hydrogens is 733 g/mol. The third-order valence-electron chi connectivity index (χ3n) is 8.90. The Hall–Kier alpha value is -3.66. The van der Waals surface area contributed by atoms with Crippen LogP contribution in [0.25, 0.3) is 54.6 Å². The van der Waals surface area contributed by atoms with Crippen molar-refractivity contribution in [3.05, 3.63) is 95.4 Å². The molecule has 0 aliphatic carbocycles. The molecule has 5 heteroatoms. The monoisotopic (exact) mass is 776 g/mol. The molecule has 6 rings (SSSR count). The Balaban J connectivity index is 0.000000249. The van der Waals surface area contributed by atoms with E-state index in [1.165, 1.54) is 44.0 Å². The number of benzene rings is 4. The summed E-state index contributed by atoms with van der Waals surface area (Å²) in [5, 5.41) is 18.5. The predicted molar refractivity (Wildman–Crippen MR) is 186 cm³/mol. The summed E-state index contributed by atoms with van der Waals surface area (Å²) < 4.78 is 0. The first-order valence-corrected chi connectivity index (χ1v) is 16.0. The Kier molecular flexibility index (Phi) is 11.1. The van der Waals surface area contributed by atoms with Gasteiger partial charge >= 0.3 is 0 Å². The molecule has 0 amide bonds. The quantitative estimate of drug-likeness (QED) is 0.0550. The number of rotatable bonds is 8. The SMILES string of the molecule is CCC(CC)C(=O)/C=C(\O)C(CC)CC.Cc1[c-]c(-c2cc3c4cccc5cccc(c6cc(C)nc(n2)c63)c54)cc(C)c1.[Ir]. The van der Waals surface area contributed by atoms with E-state index in [-0.39, 0.29) is 43.5 Å². The van der Waals surface area contributed by atoms with Gasteiger partial charge in [0.2, 0.25) is 0 Å². The average Bonchev–Trinajstić information content (AvgIpc) is 3.00. The number of aliphatic hydroxyl groups excluding tert-OH is 1. The first-order chi connectivity index (χ1) is 21.2. The zero-order chi connectivity index (χ0) is 31.5. The second kappa shape index (κ2) is 14.6. The number of hydrogen-bond acceptors (Lipinski definition) is 4. The number of hydrogen-bond donors (Lipinski definition) is 1. The van der Waals surface area contributed by atoms with E-state index in [2.05, 4.69) is 80.6 Å². The van der Waals surface area contributed by atoms with E-state index < -0.39 is 0 Å². The summed E-state index contributed by atoms with van der Waals surface area (Å²) in [4.78, 5) is 21.5. The molecule has 0 saturated carbocycles. The summed E-state index contributed by atoms with van der Waals surface area (Å²) in [6.45, 7) is 14.3. The van der Waals surface area contributed by atoms with Gasteiger partial charge in [0.15, 0.2) is 11.4 Å². The average molecular weight is 776 g/mol. The Morgan fingerprint density at radius 3 is 1.96 bits per heavy atom. The van der Waals surface area contributed by atoms with Gasteiger partial charge in [-0.2, -0.15) is 0 Å². The Morgan fingerprint density at radius 1 is 0.778 bits per heavy atom. The van der Waals surface area contributed by atoms with Crippen LogP contribution >= 0.6 is 0 Å². The summed E-state index contributed by atoms with van der Waals surface area (Å²) >= 11 is 0. The minimum Gasteiger partial charge on any atom is -0.512 e. The maximum atomic E-state index is 11.7. The van der Waals surface area contributed by atoms with Crippen LogP contribution < -0.4 is 0 Å². The Bertz CT molecular complexity index is 1960. The molecule has 0 unspecified atom stereocenters. The Labute approximate surface area is 280 Å². The van der Waals surface area contributed by atoms with E-state index >= 15 is 0 Å². The molecule has 4 nitrogen and oxygen atoms in total. The predicted octanol–water partition coefficient (Wildman–Crippen LogP) is 10.8. The number of aryl methyl sites for hydroxylation is 3. The summed E-state index contributed by atoms with van der Waals surface area (Å²) in [7, 11) is 0. The van der Waals surface area contributed by atoms with Gasteiger partial charge in [-0.15, -0.1) is 34.9 Å². The van der Waals surface area contributed by atoms with Gasteiger partial charge in [-0.1, -0.05) is 84.0 Å². The van der Waals surface area contributed by atoms with Crippen LogP contribution in [0.1, 0.15) is 70.2 Å². The molecule has 6 aromatic rings. The van der Waals surface area contributed by atoms with E-state index in [0.717, 1.165) is 59.2 Å². The minimum atomic E-state index is 0. The molecule has 0 aliphatic heterocycles. The number of ketones is 1. The van der Waals surface area contributed by atoms with Crippen molar-refractivity contribution in [1.29, 1.82) is 0 Å². The number of fused-ring (bicyclic) bond motifs is 2. The molecule has 4 aromatic carbocycles. The van der Waals surface area contributed by atoms with Crippen LogP contribution in [0.3, 0.4) is 0 Å². The largest absolute Gasteiger partial charge is 0.512 e. The molecule has 0 saturated heterocycles. The van der Waals surface area contributed by atoms with Crippen molar-refractivity contribution in [2.75, 3.05) is 0 Å². The van der Waals surface area contributed by atoms with Crippen molar-refractivity contribution in [3.63, 3.8) is 0 Å². The van der Waals surface area contributed by atoms with Crippen LogP contribution in [-0.2, 0) is 24.9 Å². The minimum absolute atomic E-state index is 0. The summed E-state index contributed by atoms with van der Waals surface area (Å²) in [5.41, 5.74) is 6.10. The van der Waals surface area contributed by atoms with Crippen LogP contribution in [0.15, 0.2) is 72.5 Å². The topological polar surface area (TPSA) is 63.1 Å². The second-order valence-corrected chi connectivity index (χ2v) is 12.0. The molecular formula is C40H43IrN2O2-. The maximum absolute atomic E-state index is 11.7. The van der Waals surface area contributed by atoms with Gasteiger partial charge in [0.25, 0.3) is 0 Å². The number of carbonyl (C=O) groups excluding carboxylic acids is 1. The number of aromatic nitrogens is 2. The second-order valence-electron chi connectivity index (χ2n) is 12.0. The number of aliphatic hydroxyl groups is 1. The number of carbonyl (C=O) groups is 1. The molecule has 1 N–H and O–H groups in total. The van der Waals surface area contributed by atoms with Crippen LogP contribution in [0.2, 0.25) is 0 Å². The fraction of sp³-hybridized carbons (Fsp3) is 0.325. The molecule has 0 spiro atoms. The fourth-order valence-electron chi connectivity index (χ4n) is 6.52. The molecule has 2 heterocycles. The van der Waals surface area contributed by atoms with E-state index in [0.29, 0.717) is 0 Å². The van der Waals surface area contributed by atoms with E-state index in [1.807, 2.05) is 34.6 Å². The van der Waals surface area contributed by atoms with Crippen LogP contribution in [-0.4, -0.2) is 20.9 Å². The molecule has 0 bridgehead atoms. The maximum Gasteiger partial charge on any atom is 0.162 e. The molecule has 1 radical (unpaired) electrons. The van der Waals surface area contributed by atoms with Crippen LogP contribution in [0.4, 0.5) is 0 Å². The van der Waals surface area contributed by atoms with E-state index in [4.69, 9.17) is 9.97 Å². The molecule has 0 atom stereocenters. The molecule has 0 fully saturated rings. The summed E-state index contributed by atoms with van der Waals surface area (Å²) in [6.07, 6.45) is 4.91. The number of nitrogens with zero attached hydrogens (tertiary/aromatic N) is 2. The third kappa shape index (κ3) is 6.95. The first-order valence-electron chi connectivity index (χ1n) is 16.0.